The molecule has 0 aliphatic heterocycles. The van der Waals surface area contributed by atoms with Gasteiger partial charge in [0.1, 0.15) is 17.3 Å². The van der Waals surface area contributed by atoms with Crippen molar-refractivity contribution in [1.82, 2.24) is 9.97 Å². The molecular formula is C11H9BrN4O. The highest BCUT2D eigenvalue weighted by molar-refractivity contribution is 9.10. The molecular weight excluding hydrogens is 284 g/mol. The summed E-state index contributed by atoms with van der Waals surface area (Å²) >= 11 is 3.29. The molecule has 1 amide bonds. The summed E-state index contributed by atoms with van der Waals surface area (Å²) in [6.45, 7) is 0. The third-order valence-corrected chi connectivity index (χ3v) is 2.63. The minimum Gasteiger partial charge on any atom is -0.384 e. The number of nitrogen functional groups attached to an aromatic ring is 1. The van der Waals surface area contributed by atoms with Crippen LogP contribution in [0.1, 0.15) is 10.5 Å². The predicted molar refractivity (Wildman–Crippen MR) is 68.5 cm³/mol. The Morgan fingerprint density at radius 1 is 1.29 bits per heavy atom. The number of halogens is 1. The van der Waals surface area contributed by atoms with Gasteiger partial charge in [0.05, 0.1) is 4.47 Å². The molecule has 2 heterocycles. The summed E-state index contributed by atoms with van der Waals surface area (Å²) in [6.07, 6.45) is 1.59. The minimum absolute atomic E-state index is 0.252. The standard InChI is InChI=1S/C11H9BrN4O/c12-7-3-2-6-14-10(7)16-11(17)8-4-1-5-9(13)15-8/h1-6H,(H2,13,15)(H,14,16,17). The number of hydrogen-bond donors (Lipinski definition) is 2. The van der Waals surface area contributed by atoms with E-state index >= 15 is 0 Å². The van der Waals surface area contributed by atoms with E-state index in [0.29, 0.717) is 16.1 Å². The van der Waals surface area contributed by atoms with Crippen LogP contribution >= 0.6 is 15.9 Å². The number of carbonyl (C=O) groups excluding carboxylic acids is 1. The normalized spacial score (nSPS) is 9.94. The number of rotatable bonds is 2. The first kappa shape index (κ1) is 11.5. The van der Waals surface area contributed by atoms with Crippen LogP contribution in [0, 0.1) is 0 Å². The molecule has 0 unspecified atom stereocenters. The summed E-state index contributed by atoms with van der Waals surface area (Å²) in [6, 6.07) is 8.43. The number of hydrogen-bond acceptors (Lipinski definition) is 4. The van der Waals surface area contributed by atoms with E-state index in [-0.39, 0.29) is 11.6 Å². The van der Waals surface area contributed by atoms with Crippen molar-refractivity contribution in [1.29, 1.82) is 0 Å². The first-order chi connectivity index (χ1) is 8.16. The van der Waals surface area contributed by atoms with Gasteiger partial charge in [0.15, 0.2) is 0 Å². The molecule has 17 heavy (non-hydrogen) atoms. The molecule has 86 valence electrons. The van der Waals surface area contributed by atoms with Crippen molar-refractivity contribution in [3.05, 3.63) is 46.7 Å². The molecule has 5 nitrogen and oxygen atoms in total. The zero-order chi connectivity index (χ0) is 12.3. The lowest BCUT2D eigenvalue weighted by Gasteiger charge is -2.05. The lowest BCUT2D eigenvalue weighted by Crippen LogP contribution is -2.15. The van der Waals surface area contributed by atoms with Gasteiger partial charge >= 0.3 is 0 Å². The lowest BCUT2D eigenvalue weighted by atomic mass is 10.3. The van der Waals surface area contributed by atoms with Gasteiger partial charge in [0.25, 0.3) is 5.91 Å². The van der Waals surface area contributed by atoms with E-state index < -0.39 is 0 Å². The average molecular weight is 293 g/mol. The highest BCUT2D eigenvalue weighted by Crippen LogP contribution is 2.18. The Morgan fingerprint density at radius 2 is 2.12 bits per heavy atom. The molecule has 0 atom stereocenters. The second-order valence-electron chi connectivity index (χ2n) is 3.24. The second kappa shape index (κ2) is 4.92. The smallest absolute Gasteiger partial charge is 0.275 e. The van der Waals surface area contributed by atoms with Crippen molar-refractivity contribution in [2.75, 3.05) is 11.1 Å². The van der Waals surface area contributed by atoms with Crippen molar-refractivity contribution >= 4 is 33.5 Å². The monoisotopic (exact) mass is 292 g/mol. The van der Waals surface area contributed by atoms with Crippen LogP contribution < -0.4 is 11.1 Å². The van der Waals surface area contributed by atoms with Crippen LogP contribution in [0.5, 0.6) is 0 Å². The van der Waals surface area contributed by atoms with Gasteiger partial charge in [-0.3, -0.25) is 4.79 Å². The van der Waals surface area contributed by atoms with Crippen molar-refractivity contribution in [3.63, 3.8) is 0 Å². The van der Waals surface area contributed by atoms with Gasteiger partial charge in [-0.1, -0.05) is 6.07 Å². The highest BCUT2D eigenvalue weighted by Gasteiger charge is 2.10. The molecule has 0 aromatic carbocycles. The topological polar surface area (TPSA) is 80.9 Å². The van der Waals surface area contributed by atoms with E-state index in [4.69, 9.17) is 5.73 Å². The van der Waals surface area contributed by atoms with Crippen LogP contribution in [-0.2, 0) is 0 Å². The van der Waals surface area contributed by atoms with E-state index in [2.05, 4.69) is 31.2 Å². The summed E-state index contributed by atoms with van der Waals surface area (Å²) in [7, 11) is 0. The Labute approximate surface area is 106 Å². The molecule has 0 fully saturated rings. The average Bonchev–Trinajstić information content (AvgIpc) is 2.32. The van der Waals surface area contributed by atoms with Crippen LogP contribution in [-0.4, -0.2) is 15.9 Å². The summed E-state index contributed by atoms with van der Waals surface area (Å²) < 4.78 is 0.706. The number of amides is 1. The summed E-state index contributed by atoms with van der Waals surface area (Å²) in [5.41, 5.74) is 5.76. The van der Waals surface area contributed by atoms with Crippen LogP contribution in [0.2, 0.25) is 0 Å². The van der Waals surface area contributed by atoms with E-state index in [9.17, 15) is 4.79 Å². The molecule has 2 aromatic rings. The van der Waals surface area contributed by atoms with Gasteiger partial charge in [0.2, 0.25) is 0 Å². The second-order valence-corrected chi connectivity index (χ2v) is 4.09. The summed E-state index contributed by atoms with van der Waals surface area (Å²) in [5.74, 6) is 0.399. The lowest BCUT2D eigenvalue weighted by molar-refractivity contribution is 0.102. The first-order valence-electron chi connectivity index (χ1n) is 4.81. The highest BCUT2D eigenvalue weighted by atomic mass is 79.9. The van der Waals surface area contributed by atoms with Crippen LogP contribution in [0.25, 0.3) is 0 Å². The van der Waals surface area contributed by atoms with Crippen molar-refractivity contribution in [2.45, 2.75) is 0 Å². The van der Waals surface area contributed by atoms with Crippen molar-refractivity contribution < 1.29 is 4.79 Å². The Hall–Kier alpha value is -1.95. The molecule has 2 rings (SSSR count). The number of carbonyl (C=O) groups is 1. The summed E-state index contributed by atoms with van der Waals surface area (Å²) in [4.78, 5) is 19.8. The number of aromatic nitrogens is 2. The largest absolute Gasteiger partial charge is 0.384 e. The maximum Gasteiger partial charge on any atom is 0.275 e. The SMILES string of the molecule is Nc1cccc(C(=O)Nc2ncccc2Br)n1. The Morgan fingerprint density at radius 3 is 2.82 bits per heavy atom. The van der Waals surface area contributed by atoms with Crippen LogP contribution in [0.15, 0.2) is 41.0 Å². The zero-order valence-electron chi connectivity index (χ0n) is 8.72. The number of nitrogens with zero attached hydrogens (tertiary/aromatic N) is 2. The third kappa shape index (κ3) is 2.79. The minimum atomic E-state index is -0.350. The zero-order valence-corrected chi connectivity index (χ0v) is 10.3. The first-order valence-corrected chi connectivity index (χ1v) is 5.60. The summed E-state index contributed by atoms with van der Waals surface area (Å²) in [5, 5.41) is 2.64. The Kier molecular flexibility index (Phi) is 3.34. The third-order valence-electron chi connectivity index (χ3n) is 1.99. The molecule has 0 bridgehead atoms. The number of pyridine rings is 2. The van der Waals surface area contributed by atoms with Crippen LogP contribution in [0.3, 0.4) is 0 Å². The molecule has 0 saturated carbocycles. The van der Waals surface area contributed by atoms with Gasteiger partial charge in [0, 0.05) is 6.20 Å². The van der Waals surface area contributed by atoms with Gasteiger partial charge in [-0.25, -0.2) is 9.97 Å². The van der Waals surface area contributed by atoms with Gasteiger partial charge < -0.3 is 11.1 Å². The number of nitrogens with two attached hydrogens (primary N) is 1. The van der Waals surface area contributed by atoms with Crippen molar-refractivity contribution in [3.8, 4) is 0 Å². The van der Waals surface area contributed by atoms with Gasteiger partial charge in [-0.2, -0.15) is 0 Å². The molecule has 2 aromatic heterocycles. The van der Waals surface area contributed by atoms with E-state index in [1.807, 2.05) is 0 Å². The number of anilines is 2. The van der Waals surface area contributed by atoms with Gasteiger partial charge in [-0.05, 0) is 40.2 Å². The maximum atomic E-state index is 11.8. The molecule has 3 N–H and O–H groups in total. The fraction of sp³-hybridized carbons (Fsp3) is 0. The predicted octanol–water partition coefficient (Wildman–Crippen LogP) is 2.07. The van der Waals surface area contributed by atoms with E-state index in [1.54, 1.807) is 36.5 Å². The fourth-order valence-corrected chi connectivity index (χ4v) is 1.58. The Balaban J connectivity index is 2.20. The van der Waals surface area contributed by atoms with E-state index in [1.165, 1.54) is 0 Å². The molecule has 0 aliphatic carbocycles. The maximum absolute atomic E-state index is 11.8. The molecule has 0 aliphatic rings. The van der Waals surface area contributed by atoms with Crippen LogP contribution in [0.4, 0.5) is 11.6 Å². The number of nitrogens with one attached hydrogen (secondary N) is 1. The molecule has 6 heteroatoms. The molecule has 0 saturated heterocycles. The fourth-order valence-electron chi connectivity index (χ4n) is 1.23. The van der Waals surface area contributed by atoms with Gasteiger partial charge in [-0.15, -0.1) is 0 Å². The molecule has 0 radical (unpaired) electrons. The van der Waals surface area contributed by atoms with Crippen molar-refractivity contribution in [2.24, 2.45) is 0 Å². The molecule has 0 spiro atoms. The quantitative estimate of drug-likeness (QED) is 0.888. The Bertz CT molecular complexity index is 559. The van der Waals surface area contributed by atoms with E-state index in [0.717, 1.165) is 0 Å².